The maximum Gasteiger partial charge on any atom is 0.246 e. The summed E-state index contributed by atoms with van der Waals surface area (Å²) in [5, 5.41) is 2.35. The van der Waals surface area contributed by atoms with E-state index in [4.69, 9.17) is 4.74 Å². The number of carbonyl (C=O) groups excluding carboxylic acids is 1. The summed E-state index contributed by atoms with van der Waals surface area (Å²) in [5.41, 5.74) is 1.07. The van der Waals surface area contributed by atoms with E-state index in [0.717, 1.165) is 10.9 Å². The Morgan fingerprint density at radius 3 is 2.82 bits per heavy atom. The van der Waals surface area contributed by atoms with Crippen LogP contribution in [0.5, 0.6) is 0 Å². The van der Waals surface area contributed by atoms with E-state index in [9.17, 15) is 4.79 Å². The molecule has 0 radical (unpaired) electrons. The van der Waals surface area contributed by atoms with Gasteiger partial charge in [-0.3, -0.25) is 4.79 Å². The van der Waals surface area contributed by atoms with Gasteiger partial charge in [-0.15, -0.1) is 0 Å². The van der Waals surface area contributed by atoms with E-state index in [2.05, 4.69) is 18.2 Å². The van der Waals surface area contributed by atoms with Crippen LogP contribution in [0.2, 0.25) is 0 Å². The lowest BCUT2D eigenvalue weighted by molar-refractivity contribution is -0.137. The van der Waals surface area contributed by atoms with Crippen LogP contribution in [0.3, 0.4) is 0 Å². The van der Waals surface area contributed by atoms with Gasteiger partial charge in [0, 0.05) is 12.6 Å². The third-order valence-corrected chi connectivity index (χ3v) is 4.12. The molecule has 2 atom stereocenters. The van der Waals surface area contributed by atoms with E-state index in [1.54, 1.807) is 6.08 Å². The van der Waals surface area contributed by atoms with Gasteiger partial charge < -0.3 is 9.64 Å². The Labute approximate surface area is 131 Å². The molecular formula is C19H21NO2. The number of fused-ring (bicyclic) bond motifs is 1. The third kappa shape index (κ3) is 3.04. The van der Waals surface area contributed by atoms with Crippen molar-refractivity contribution in [1.82, 2.24) is 4.90 Å². The average Bonchev–Trinajstić information content (AvgIpc) is 2.54. The van der Waals surface area contributed by atoms with Gasteiger partial charge in [-0.1, -0.05) is 42.5 Å². The van der Waals surface area contributed by atoms with E-state index in [1.165, 1.54) is 5.39 Å². The highest BCUT2D eigenvalue weighted by Gasteiger charge is 2.25. The molecule has 0 aliphatic carbocycles. The fourth-order valence-electron chi connectivity index (χ4n) is 2.86. The Bertz CT molecular complexity index is 702. The first kappa shape index (κ1) is 14.8. The van der Waals surface area contributed by atoms with Crippen molar-refractivity contribution in [3.63, 3.8) is 0 Å². The Kier molecular flexibility index (Phi) is 4.25. The minimum absolute atomic E-state index is 0.0515. The minimum atomic E-state index is 0.0515. The predicted octanol–water partition coefficient (Wildman–Crippen LogP) is 3.49. The molecular weight excluding hydrogens is 274 g/mol. The number of carbonyl (C=O) groups is 1. The van der Waals surface area contributed by atoms with Gasteiger partial charge in [-0.2, -0.15) is 0 Å². The van der Waals surface area contributed by atoms with Gasteiger partial charge in [0.1, 0.15) is 0 Å². The van der Waals surface area contributed by atoms with E-state index in [1.807, 2.05) is 49.1 Å². The first-order valence-electron chi connectivity index (χ1n) is 7.73. The number of hydrogen-bond acceptors (Lipinski definition) is 2. The predicted molar refractivity (Wildman–Crippen MR) is 89.6 cm³/mol. The van der Waals surface area contributed by atoms with Crippen LogP contribution in [0.25, 0.3) is 16.8 Å². The van der Waals surface area contributed by atoms with Crippen molar-refractivity contribution in [2.24, 2.45) is 0 Å². The van der Waals surface area contributed by atoms with Crippen LogP contribution in [0, 0.1) is 0 Å². The Morgan fingerprint density at radius 2 is 1.95 bits per heavy atom. The van der Waals surface area contributed by atoms with Gasteiger partial charge in [0.15, 0.2) is 0 Å². The Hall–Kier alpha value is -2.13. The summed E-state index contributed by atoms with van der Waals surface area (Å²) < 4.78 is 5.57. The number of ether oxygens (including phenoxy) is 1. The molecule has 0 N–H and O–H groups in total. The zero-order valence-corrected chi connectivity index (χ0v) is 13.0. The molecule has 1 aliphatic rings. The largest absolute Gasteiger partial charge is 0.375 e. The van der Waals surface area contributed by atoms with Crippen molar-refractivity contribution in [3.05, 3.63) is 54.1 Å². The summed E-state index contributed by atoms with van der Waals surface area (Å²) in [6.45, 7) is 5.28. The fourth-order valence-corrected chi connectivity index (χ4v) is 2.86. The Balaban J connectivity index is 1.82. The highest BCUT2D eigenvalue weighted by molar-refractivity contribution is 5.96. The molecule has 22 heavy (non-hydrogen) atoms. The van der Waals surface area contributed by atoms with Crippen molar-refractivity contribution in [2.45, 2.75) is 26.0 Å². The maximum atomic E-state index is 12.4. The van der Waals surface area contributed by atoms with Gasteiger partial charge in [-0.25, -0.2) is 0 Å². The summed E-state index contributed by atoms with van der Waals surface area (Å²) in [6.07, 6.45) is 3.69. The molecule has 2 aromatic rings. The lowest BCUT2D eigenvalue weighted by Crippen LogP contribution is -2.49. The molecule has 3 heteroatoms. The van der Waals surface area contributed by atoms with Gasteiger partial charge in [-0.05, 0) is 36.3 Å². The normalized spacial score (nSPS) is 22.4. The van der Waals surface area contributed by atoms with Crippen LogP contribution in [0.1, 0.15) is 19.4 Å². The van der Waals surface area contributed by atoms with Crippen LogP contribution >= 0.6 is 0 Å². The quantitative estimate of drug-likeness (QED) is 0.794. The first-order chi connectivity index (χ1) is 10.6. The highest BCUT2D eigenvalue weighted by Crippen LogP contribution is 2.20. The lowest BCUT2D eigenvalue weighted by Gasteiger charge is -2.36. The second-order valence-electron chi connectivity index (χ2n) is 5.89. The zero-order valence-electron chi connectivity index (χ0n) is 13.0. The van der Waals surface area contributed by atoms with Crippen molar-refractivity contribution in [3.8, 4) is 0 Å². The summed E-state index contributed by atoms with van der Waals surface area (Å²) >= 11 is 0. The van der Waals surface area contributed by atoms with E-state index >= 15 is 0 Å². The van der Waals surface area contributed by atoms with Crippen molar-refractivity contribution >= 4 is 22.8 Å². The minimum Gasteiger partial charge on any atom is -0.375 e. The molecule has 1 fully saturated rings. The molecule has 1 heterocycles. The van der Waals surface area contributed by atoms with Crippen molar-refractivity contribution in [1.29, 1.82) is 0 Å². The van der Waals surface area contributed by atoms with E-state index < -0.39 is 0 Å². The molecule has 2 aromatic carbocycles. The number of nitrogens with zero attached hydrogens (tertiary/aromatic N) is 1. The molecule has 0 saturated carbocycles. The standard InChI is InChI=1S/C19H21NO2/c1-14-13-22-15(2)12-20(14)19(21)11-10-17-8-5-7-16-6-3-4-9-18(16)17/h3-11,14-15H,12-13H2,1-2H3/b11-10+. The summed E-state index contributed by atoms with van der Waals surface area (Å²) in [7, 11) is 0. The first-order valence-corrected chi connectivity index (χ1v) is 7.73. The highest BCUT2D eigenvalue weighted by atomic mass is 16.5. The molecule has 3 rings (SSSR count). The van der Waals surface area contributed by atoms with Crippen molar-refractivity contribution < 1.29 is 9.53 Å². The van der Waals surface area contributed by atoms with Crippen LogP contribution in [-0.2, 0) is 9.53 Å². The third-order valence-electron chi connectivity index (χ3n) is 4.12. The monoisotopic (exact) mass is 295 g/mol. The number of amides is 1. The smallest absolute Gasteiger partial charge is 0.246 e. The fraction of sp³-hybridized carbons (Fsp3) is 0.316. The lowest BCUT2D eigenvalue weighted by atomic mass is 10.0. The van der Waals surface area contributed by atoms with Gasteiger partial charge in [0.25, 0.3) is 0 Å². The topological polar surface area (TPSA) is 29.5 Å². The van der Waals surface area contributed by atoms with E-state index in [-0.39, 0.29) is 18.1 Å². The zero-order chi connectivity index (χ0) is 15.5. The van der Waals surface area contributed by atoms with Crippen LogP contribution in [0.15, 0.2) is 48.5 Å². The summed E-state index contributed by atoms with van der Waals surface area (Å²) in [4.78, 5) is 14.3. The average molecular weight is 295 g/mol. The van der Waals surface area contributed by atoms with Gasteiger partial charge >= 0.3 is 0 Å². The molecule has 114 valence electrons. The van der Waals surface area contributed by atoms with Crippen LogP contribution in [-0.4, -0.2) is 36.1 Å². The molecule has 0 bridgehead atoms. The van der Waals surface area contributed by atoms with Gasteiger partial charge in [0.2, 0.25) is 5.91 Å². The molecule has 2 unspecified atom stereocenters. The van der Waals surface area contributed by atoms with E-state index in [0.29, 0.717) is 13.2 Å². The number of benzene rings is 2. The molecule has 1 amide bonds. The molecule has 1 saturated heterocycles. The second kappa shape index (κ2) is 6.32. The summed E-state index contributed by atoms with van der Waals surface area (Å²) in [5.74, 6) is 0.0515. The molecule has 1 aliphatic heterocycles. The molecule has 3 nitrogen and oxygen atoms in total. The molecule has 0 aromatic heterocycles. The van der Waals surface area contributed by atoms with Crippen LogP contribution in [0.4, 0.5) is 0 Å². The van der Waals surface area contributed by atoms with Crippen molar-refractivity contribution in [2.75, 3.05) is 13.2 Å². The number of hydrogen-bond donors (Lipinski definition) is 0. The summed E-state index contributed by atoms with van der Waals surface area (Å²) in [6, 6.07) is 14.5. The Morgan fingerprint density at radius 1 is 1.18 bits per heavy atom. The SMILES string of the molecule is CC1CN(C(=O)/C=C/c2cccc3ccccc23)C(C)CO1. The molecule has 0 spiro atoms. The maximum absolute atomic E-state index is 12.4. The van der Waals surface area contributed by atoms with Crippen LogP contribution < -0.4 is 0 Å². The second-order valence-corrected chi connectivity index (χ2v) is 5.89. The van der Waals surface area contributed by atoms with Gasteiger partial charge in [0.05, 0.1) is 18.8 Å². The number of rotatable bonds is 2. The number of morpholine rings is 1.